The normalized spacial score (nSPS) is 10.3. The predicted octanol–water partition coefficient (Wildman–Crippen LogP) is 2.86. The van der Waals surface area contributed by atoms with E-state index in [2.05, 4.69) is 26.1 Å². The number of carbonyl (C=O) groups is 1. The van der Waals surface area contributed by atoms with Crippen LogP contribution in [0.1, 0.15) is 29.8 Å². The molecule has 140 valence electrons. The minimum absolute atomic E-state index is 0.181. The van der Waals surface area contributed by atoms with Gasteiger partial charge in [-0.25, -0.2) is 15.4 Å². The average Bonchev–Trinajstić information content (AvgIpc) is 2.65. The fourth-order valence-electron chi connectivity index (χ4n) is 2.18. The van der Waals surface area contributed by atoms with Crippen LogP contribution in [0.15, 0.2) is 24.4 Å². The van der Waals surface area contributed by atoms with Crippen molar-refractivity contribution in [2.24, 2.45) is 0 Å². The van der Waals surface area contributed by atoms with Gasteiger partial charge < -0.3 is 15.4 Å². The highest BCUT2D eigenvalue weighted by molar-refractivity contribution is 6.28. The number of hydrogen-bond acceptors (Lipinski definition) is 7. The minimum atomic E-state index is -0.350. The number of aromatic nitrogens is 2. The zero-order valence-corrected chi connectivity index (χ0v) is 15.7. The Morgan fingerprint density at radius 1 is 1.23 bits per heavy atom. The number of benzene rings is 1. The summed E-state index contributed by atoms with van der Waals surface area (Å²) >= 11 is 5.85. The number of halogens is 1. The van der Waals surface area contributed by atoms with Crippen LogP contribution in [0.5, 0.6) is 5.75 Å². The highest BCUT2D eigenvalue weighted by Gasteiger charge is 2.11. The monoisotopic (exact) mass is 379 g/mol. The third-order valence-corrected chi connectivity index (χ3v) is 3.56. The lowest BCUT2D eigenvalue weighted by molar-refractivity contribution is 0.0364. The van der Waals surface area contributed by atoms with Crippen LogP contribution < -0.4 is 20.9 Å². The molecule has 0 atom stereocenters. The molecule has 8 nitrogen and oxygen atoms in total. The minimum Gasteiger partial charge on any atom is -0.497 e. The molecule has 1 aromatic carbocycles. The fourth-order valence-corrected chi connectivity index (χ4v) is 2.31. The van der Waals surface area contributed by atoms with Crippen molar-refractivity contribution in [1.82, 2.24) is 15.4 Å². The Kier molecular flexibility index (Phi) is 7.43. The molecule has 0 spiro atoms. The summed E-state index contributed by atoms with van der Waals surface area (Å²) in [6.07, 6.45) is 1.66. The van der Waals surface area contributed by atoms with Gasteiger partial charge in [0.05, 0.1) is 13.7 Å². The second-order valence-corrected chi connectivity index (χ2v) is 5.55. The molecule has 0 bridgehead atoms. The highest BCUT2D eigenvalue weighted by atomic mass is 35.5. The molecular formula is C17H22ClN5O3. The van der Waals surface area contributed by atoms with Gasteiger partial charge in [0.25, 0.3) is 5.91 Å². The third kappa shape index (κ3) is 5.47. The zero-order valence-electron chi connectivity index (χ0n) is 14.9. The predicted molar refractivity (Wildman–Crippen MR) is 101 cm³/mol. The van der Waals surface area contributed by atoms with Gasteiger partial charge in [-0.2, -0.15) is 0 Å². The number of rotatable bonds is 9. The van der Waals surface area contributed by atoms with Crippen LogP contribution in [0.2, 0.25) is 5.28 Å². The summed E-state index contributed by atoms with van der Waals surface area (Å²) in [6, 6.07) is 5.14. The first kappa shape index (κ1) is 19.7. The third-order valence-electron chi connectivity index (χ3n) is 3.38. The number of amides is 1. The van der Waals surface area contributed by atoms with E-state index in [4.69, 9.17) is 21.2 Å². The summed E-state index contributed by atoms with van der Waals surface area (Å²) in [5.41, 5.74) is 4.34. The molecule has 0 aliphatic rings. The van der Waals surface area contributed by atoms with Gasteiger partial charge in [-0.15, -0.1) is 0 Å². The van der Waals surface area contributed by atoms with Crippen LogP contribution in [0.3, 0.4) is 0 Å². The van der Waals surface area contributed by atoms with E-state index >= 15 is 0 Å². The molecule has 0 aliphatic carbocycles. The Balaban J connectivity index is 2.17. The number of hydroxylamine groups is 1. The van der Waals surface area contributed by atoms with E-state index in [1.807, 2.05) is 6.92 Å². The lowest BCUT2D eigenvalue weighted by atomic mass is 10.1. The number of ether oxygens (including phenoxy) is 1. The van der Waals surface area contributed by atoms with Gasteiger partial charge in [0.2, 0.25) is 5.28 Å². The topological polar surface area (TPSA) is 97.4 Å². The van der Waals surface area contributed by atoms with Gasteiger partial charge in [0.1, 0.15) is 11.6 Å². The van der Waals surface area contributed by atoms with Gasteiger partial charge in [0, 0.05) is 42.2 Å². The van der Waals surface area contributed by atoms with E-state index in [0.717, 1.165) is 5.56 Å². The largest absolute Gasteiger partial charge is 0.497 e. The molecule has 2 rings (SSSR count). The number of hydrogen-bond donors (Lipinski definition) is 3. The van der Waals surface area contributed by atoms with Gasteiger partial charge in [-0.1, -0.05) is 0 Å². The molecule has 9 heteroatoms. The number of anilines is 2. The van der Waals surface area contributed by atoms with Crippen LogP contribution in [0.4, 0.5) is 11.5 Å². The smallest absolute Gasteiger partial charge is 0.275 e. The van der Waals surface area contributed by atoms with Crippen molar-refractivity contribution < 1.29 is 14.4 Å². The van der Waals surface area contributed by atoms with E-state index in [1.54, 1.807) is 38.4 Å². The van der Waals surface area contributed by atoms with Crippen LogP contribution in [0.25, 0.3) is 0 Å². The van der Waals surface area contributed by atoms with Crippen molar-refractivity contribution in [2.75, 3.05) is 30.9 Å². The number of nitrogens with one attached hydrogen (secondary N) is 3. The average molecular weight is 380 g/mol. The van der Waals surface area contributed by atoms with Gasteiger partial charge in [-0.05, 0) is 37.6 Å². The molecule has 0 saturated heterocycles. The van der Waals surface area contributed by atoms with E-state index in [1.165, 1.54) is 0 Å². The summed E-state index contributed by atoms with van der Waals surface area (Å²) in [5, 5.41) is 6.57. The van der Waals surface area contributed by atoms with Crippen LogP contribution in [-0.4, -0.2) is 36.1 Å². The molecular weight excluding hydrogens is 358 g/mol. The summed E-state index contributed by atoms with van der Waals surface area (Å²) < 4.78 is 5.26. The highest BCUT2D eigenvalue weighted by Crippen LogP contribution is 2.22. The first-order chi connectivity index (χ1) is 12.6. The Morgan fingerprint density at radius 2 is 2.04 bits per heavy atom. The van der Waals surface area contributed by atoms with Crippen molar-refractivity contribution in [2.45, 2.75) is 20.4 Å². The standard InChI is InChI=1S/C17H22ClN5O3/c1-4-19-15-12(10-21-17(18)22-15)9-20-13-6-11(7-14(8-13)25-3)16(24)23-26-5-2/h6-8,10,20H,4-5,9H2,1-3H3,(H,23,24)(H,19,21,22). The quantitative estimate of drug-likeness (QED) is 0.455. The van der Waals surface area contributed by atoms with Crippen LogP contribution in [0, 0.1) is 0 Å². The first-order valence-electron chi connectivity index (χ1n) is 8.17. The van der Waals surface area contributed by atoms with E-state index < -0.39 is 0 Å². The maximum Gasteiger partial charge on any atom is 0.275 e. The van der Waals surface area contributed by atoms with Crippen molar-refractivity contribution in [3.05, 3.63) is 40.8 Å². The summed E-state index contributed by atoms with van der Waals surface area (Å²) in [5.74, 6) is 0.866. The van der Waals surface area contributed by atoms with Crippen molar-refractivity contribution in [1.29, 1.82) is 0 Å². The maximum absolute atomic E-state index is 12.1. The second-order valence-electron chi connectivity index (χ2n) is 5.21. The SMILES string of the molecule is CCNc1nc(Cl)ncc1CNc1cc(OC)cc(C(=O)NOCC)c1. The second kappa shape index (κ2) is 9.79. The van der Waals surface area contributed by atoms with Crippen molar-refractivity contribution in [3.8, 4) is 5.75 Å². The summed E-state index contributed by atoms with van der Waals surface area (Å²) in [7, 11) is 1.54. The van der Waals surface area contributed by atoms with E-state index in [9.17, 15) is 4.79 Å². The molecule has 2 aromatic rings. The molecule has 1 aromatic heterocycles. The number of carbonyl (C=O) groups excluding carboxylic acids is 1. The van der Waals surface area contributed by atoms with Crippen molar-refractivity contribution >= 4 is 29.0 Å². The molecule has 3 N–H and O–H groups in total. The first-order valence-corrected chi connectivity index (χ1v) is 8.55. The summed E-state index contributed by atoms with van der Waals surface area (Å²) in [4.78, 5) is 25.3. The van der Waals surface area contributed by atoms with Crippen LogP contribution >= 0.6 is 11.6 Å². The van der Waals surface area contributed by atoms with E-state index in [0.29, 0.717) is 42.5 Å². The molecule has 0 aliphatic heterocycles. The lowest BCUT2D eigenvalue weighted by Crippen LogP contribution is -2.23. The lowest BCUT2D eigenvalue weighted by Gasteiger charge is -2.13. The number of methoxy groups -OCH3 is 1. The van der Waals surface area contributed by atoms with Crippen LogP contribution in [-0.2, 0) is 11.4 Å². The Hall–Kier alpha value is -2.58. The summed E-state index contributed by atoms with van der Waals surface area (Å²) in [6.45, 7) is 5.29. The number of nitrogens with zero attached hydrogens (tertiary/aromatic N) is 2. The van der Waals surface area contributed by atoms with E-state index in [-0.39, 0.29) is 11.2 Å². The van der Waals surface area contributed by atoms with Gasteiger partial charge in [0.15, 0.2) is 0 Å². The molecule has 0 radical (unpaired) electrons. The molecule has 0 unspecified atom stereocenters. The Bertz CT molecular complexity index is 757. The fraction of sp³-hybridized carbons (Fsp3) is 0.353. The van der Waals surface area contributed by atoms with Gasteiger partial charge >= 0.3 is 0 Å². The maximum atomic E-state index is 12.1. The molecule has 1 heterocycles. The molecule has 26 heavy (non-hydrogen) atoms. The molecule has 1 amide bonds. The molecule has 0 saturated carbocycles. The zero-order chi connectivity index (χ0) is 18.9. The molecule has 0 fully saturated rings. The Labute approximate surface area is 157 Å². The van der Waals surface area contributed by atoms with Crippen molar-refractivity contribution in [3.63, 3.8) is 0 Å². The Morgan fingerprint density at radius 3 is 2.73 bits per heavy atom. The van der Waals surface area contributed by atoms with Gasteiger partial charge in [-0.3, -0.25) is 9.63 Å².